The van der Waals surface area contributed by atoms with Crippen LogP contribution in [0, 0.1) is 17.1 Å². The molecule has 5 nitrogen and oxygen atoms in total. The molecule has 2 atom stereocenters. The molecule has 2 aliphatic rings. The average Bonchev–Trinajstić information content (AvgIpc) is 3.46. The van der Waals surface area contributed by atoms with Gasteiger partial charge in [-0.05, 0) is 42.2 Å². The van der Waals surface area contributed by atoms with E-state index in [-0.39, 0.29) is 11.7 Å². The Morgan fingerprint density at radius 3 is 2.31 bits per heavy atom. The van der Waals surface area contributed by atoms with Crippen LogP contribution in [-0.4, -0.2) is 31.2 Å². The predicted molar refractivity (Wildman–Crippen MR) is 109 cm³/mol. The summed E-state index contributed by atoms with van der Waals surface area (Å²) in [5.41, 5.74) is 2.67. The minimum absolute atomic E-state index is 0.228. The van der Waals surface area contributed by atoms with Crippen LogP contribution >= 0.6 is 0 Å². The third-order valence-electron chi connectivity index (χ3n) is 5.83. The van der Waals surface area contributed by atoms with Gasteiger partial charge in [-0.25, -0.2) is 9.37 Å². The van der Waals surface area contributed by atoms with E-state index in [0.29, 0.717) is 23.4 Å². The molecular weight excluding hydrogens is 367 g/mol. The SMILES string of the molecule is N#Cc1nc([C@H]2C[C@H]2c2ccccc2)oc1N1CCN(c2ccc(F)cc2)CC1. The number of piperazine rings is 1. The van der Waals surface area contributed by atoms with Crippen molar-refractivity contribution in [2.75, 3.05) is 36.0 Å². The predicted octanol–water partition coefficient (Wildman–Crippen LogP) is 4.28. The Balaban J connectivity index is 1.29. The van der Waals surface area contributed by atoms with Crippen LogP contribution in [0.25, 0.3) is 0 Å². The van der Waals surface area contributed by atoms with E-state index < -0.39 is 0 Å². The Morgan fingerprint density at radius 2 is 1.62 bits per heavy atom. The molecule has 1 saturated carbocycles. The highest BCUT2D eigenvalue weighted by molar-refractivity contribution is 5.52. The third kappa shape index (κ3) is 3.44. The lowest BCUT2D eigenvalue weighted by Crippen LogP contribution is -2.46. The number of rotatable bonds is 4. The lowest BCUT2D eigenvalue weighted by Gasteiger charge is -2.35. The number of hydrogen-bond donors (Lipinski definition) is 0. The van der Waals surface area contributed by atoms with E-state index >= 15 is 0 Å². The minimum Gasteiger partial charge on any atom is -0.423 e. The number of nitriles is 1. The van der Waals surface area contributed by atoms with E-state index in [9.17, 15) is 9.65 Å². The van der Waals surface area contributed by atoms with Gasteiger partial charge in [-0.1, -0.05) is 30.3 Å². The maximum Gasteiger partial charge on any atom is 0.234 e. The van der Waals surface area contributed by atoms with Gasteiger partial charge in [-0.15, -0.1) is 0 Å². The second-order valence-electron chi connectivity index (χ2n) is 7.63. The Labute approximate surface area is 169 Å². The van der Waals surface area contributed by atoms with Crippen LogP contribution in [0.3, 0.4) is 0 Å². The molecule has 0 bridgehead atoms. The molecule has 2 aromatic carbocycles. The summed E-state index contributed by atoms with van der Waals surface area (Å²) >= 11 is 0. The fraction of sp³-hybridized carbons (Fsp3) is 0.304. The highest BCUT2D eigenvalue weighted by atomic mass is 19.1. The van der Waals surface area contributed by atoms with Crippen LogP contribution in [0.4, 0.5) is 16.0 Å². The standard InChI is InChI=1S/C23H21FN4O/c24-17-6-8-18(9-7-17)27-10-12-28(13-11-27)23-21(15-25)26-22(29-23)20-14-19(20)16-4-2-1-3-5-16/h1-9,19-20H,10-14H2/t19-,20-/m0/s1. The first-order chi connectivity index (χ1) is 14.2. The summed E-state index contributed by atoms with van der Waals surface area (Å²) in [6, 6.07) is 19.1. The number of anilines is 2. The number of hydrogen-bond acceptors (Lipinski definition) is 5. The monoisotopic (exact) mass is 388 g/mol. The van der Waals surface area contributed by atoms with Gasteiger partial charge in [0.25, 0.3) is 0 Å². The number of oxazole rings is 1. The number of nitrogens with zero attached hydrogens (tertiary/aromatic N) is 4. The van der Waals surface area contributed by atoms with Crippen molar-refractivity contribution in [1.82, 2.24) is 4.98 Å². The van der Waals surface area contributed by atoms with E-state index in [1.54, 1.807) is 12.1 Å². The average molecular weight is 388 g/mol. The summed E-state index contributed by atoms with van der Waals surface area (Å²) in [4.78, 5) is 8.81. The van der Waals surface area contributed by atoms with Gasteiger partial charge in [0.2, 0.25) is 17.5 Å². The quantitative estimate of drug-likeness (QED) is 0.668. The molecule has 2 fully saturated rings. The summed E-state index contributed by atoms with van der Waals surface area (Å²) in [7, 11) is 0. The van der Waals surface area contributed by atoms with Crippen LogP contribution in [0.15, 0.2) is 59.0 Å². The lowest BCUT2D eigenvalue weighted by atomic mass is 10.1. The molecule has 29 heavy (non-hydrogen) atoms. The summed E-state index contributed by atoms with van der Waals surface area (Å²) in [6.07, 6.45) is 1.01. The molecule has 0 radical (unpaired) electrons. The summed E-state index contributed by atoms with van der Waals surface area (Å²) in [6.45, 7) is 3.02. The molecule has 6 heteroatoms. The summed E-state index contributed by atoms with van der Waals surface area (Å²) in [5.74, 6) is 1.70. The van der Waals surface area contributed by atoms with Crippen molar-refractivity contribution in [2.45, 2.75) is 18.3 Å². The van der Waals surface area contributed by atoms with Gasteiger partial charge < -0.3 is 14.2 Å². The Kier molecular flexibility index (Phi) is 4.44. The summed E-state index contributed by atoms with van der Waals surface area (Å²) in [5, 5.41) is 9.56. The second-order valence-corrected chi connectivity index (χ2v) is 7.63. The van der Waals surface area contributed by atoms with Crippen LogP contribution in [0.2, 0.25) is 0 Å². The number of benzene rings is 2. The van der Waals surface area contributed by atoms with Gasteiger partial charge in [-0.2, -0.15) is 5.26 Å². The minimum atomic E-state index is -0.228. The van der Waals surface area contributed by atoms with Crippen molar-refractivity contribution in [3.8, 4) is 6.07 Å². The van der Waals surface area contributed by atoms with Crippen molar-refractivity contribution in [1.29, 1.82) is 5.26 Å². The molecular formula is C23H21FN4O. The molecule has 2 heterocycles. The van der Waals surface area contributed by atoms with Gasteiger partial charge in [0, 0.05) is 37.8 Å². The van der Waals surface area contributed by atoms with Gasteiger partial charge in [0.15, 0.2) is 0 Å². The molecule has 0 amide bonds. The first-order valence-corrected chi connectivity index (χ1v) is 9.94. The van der Waals surface area contributed by atoms with E-state index in [0.717, 1.165) is 38.3 Å². The fourth-order valence-electron chi connectivity index (χ4n) is 4.13. The normalized spacial score (nSPS) is 21.1. The van der Waals surface area contributed by atoms with Crippen molar-refractivity contribution in [2.24, 2.45) is 0 Å². The molecule has 1 saturated heterocycles. The summed E-state index contributed by atoms with van der Waals surface area (Å²) < 4.78 is 19.3. The molecule has 3 aromatic rings. The largest absolute Gasteiger partial charge is 0.423 e. The zero-order valence-corrected chi connectivity index (χ0v) is 16.0. The van der Waals surface area contributed by atoms with E-state index in [1.165, 1.54) is 17.7 Å². The van der Waals surface area contributed by atoms with Gasteiger partial charge in [0.05, 0.1) is 0 Å². The molecule has 5 rings (SSSR count). The Morgan fingerprint density at radius 1 is 0.931 bits per heavy atom. The Bertz CT molecular complexity index is 1030. The zero-order valence-electron chi connectivity index (χ0n) is 16.0. The van der Waals surface area contributed by atoms with E-state index in [1.807, 2.05) is 18.2 Å². The molecule has 1 aromatic heterocycles. The van der Waals surface area contributed by atoms with Crippen LogP contribution < -0.4 is 9.80 Å². The molecule has 1 aliphatic carbocycles. The van der Waals surface area contributed by atoms with E-state index in [2.05, 4.69) is 33.0 Å². The van der Waals surface area contributed by atoms with Gasteiger partial charge in [0.1, 0.15) is 11.9 Å². The van der Waals surface area contributed by atoms with Crippen LogP contribution in [0.1, 0.15) is 35.4 Å². The van der Waals surface area contributed by atoms with Crippen LogP contribution in [-0.2, 0) is 0 Å². The zero-order chi connectivity index (χ0) is 19.8. The van der Waals surface area contributed by atoms with Crippen molar-refractivity contribution in [3.63, 3.8) is 0 Å². The fourth-order valence-corrected chi connectivity index (χ4v) is 4.13. The van der Waals surface area contributed by atoms with Crippen molar-refractivity contribution >= 4 is 11.6 Å². The second kappa shape index (κ2) is 7.25. The van der Waals surface area contributed by atoms with Gasteiger partial charge in [-0.3, -0.25) is 0 Å². The molecule has 0 spiro atoms. The highest BCUT2D eigenvalue weighted by Gasteiger charge is 2.44. The van der Waals surface area contributed by atoms with Gasteiger partial charge >= 0.3 is 0 Å². The first kappa shape index (κ1) is 17.7. The topological polar surface area (TPSA) is 56.3 Å². The molecule has 1 aliphatic heterocycles. The van der Waals surface area contributed by atoms with Crippen molar-refractivity contribution < 1.29 is 8.81 Å². The van der Waals surface area contributed by atoms with Crippen LogP contribution in [0.5, 0.6) is 0 Å². The highest BCUT2D eigenvalue weighted by Crippen LogP contribution is 2.54. The lowest BCUT2D eigenvalue weighted by molar-refractivity contribution is 0.476. The maximum absolute atomic E-state index is 13.2. The first-order valence-electron chi connectivity index (χ1n) is 9.94. The molecule has 0 unspecified atom stereocenters. The maximum atomic E-state index is 13.2. The third-order valence-corrected chi connectivity index (χ3v) is 5.83. The number of halogens is 1. The Hall–Kier alpha value is -3.33. The van der Waals surface area contributed by atoms with Crippen molar-refractivity contribution in [3.05, 3.63) is 77.6 Å². The van der Waals surface area contributed by atoms with E-state index in [4.69, 9.17) is 4.42 Å². The molecule has 146 valence electrons. The smallest absolute Gasteiger partial charge is 0.234 e. The number of aromatic nitrogens is 1. The molecule has 0 N–H and O–H groups in total.